The highest BCUT2D eigenvalue weighted by Crippen LogP contribution is 2.20. The van der Waals surface area contributed by atoms with E-state index in [-0.39, 0.29) is 0 Å². The van der Waals surface area contributed by atoms with Crippen molar-refractivity contribution in [2.75, 3.05) is 7.11 Å². The van der Waals surface area contributed by atoms with E-state index in [9.17, 15) is 9.90 Å². The van der Waals surface area contributed by atoms with Gasteiger partial charge in [0.25, 0.3) is 0 Å². The zero-order valence-corrected chi connectivity index (χ0v) is 12.5. The second kappa shape index (κ2) is 7.14. The van der Waals surface area contributed by atoms with Crippen LogP contribution in [0, 0.1) is 5.92 Å². The van der Waals surface area contributed by atoms with E-state index in [0.29, 0.717) is 17.9 Å². The number of hydrogen-bond acceptors (Lipinski definition) is 2. The molecule has 2 rings (SSSR count). The lowest BCUT2D eigenvalue weighted by Crippen LogP contribution is -2.19. The molecule has 4 heteroatoms. The summed E-state index contributed by atoms with van der Waals surface area (Å²) in [5.74, 6) is -0.533. The summed E-state index contributed by atoms with van der Waals surface area (Å²) in [6.45, 7) is 0. The summed E-state index contributed by atoms with van der Waals surface area (Å²) in [6, 6.07) is 14.8. The number of rotatable bonds is 6. The molecule has 1 atom stereocenters. The standard InChI is InChI=1S/C17H17ClO3/c1-21-16-4-2-3-13(11-16)10-14(17(19)20)9-12-5-7-15(18)8-6-12/h2-8,11,14H,9-10H2,1H3,(H,19,20). The summed E-state index contributed by atoms with van der Waals surface area (Å²) in [4.78, 5) is 11.5. The maximum atomic E-state index is 11.5. The van der Waals surface area contributed by atoms with Crippen molar-refractivity contribution in [3.05, 3.63) is 64.7 Å². The van der Waals surface area contributed by atoms with Gasteiger partial charge in [-0.15, -0.1) is 0 Å². The highest BCUT2D eigenvalue weighted by Gasteiger charge is 2.19. The van der Waals surface area contributed by atoms with Gasteiger partial charge in [-0.1, -0.05) is 35.9 Å². The molecule has 0 aliphatic rings. The minimum absolute atomic E-state index is 0.467. The maximum absolute atomic E-state index is 11.5. The van der Waals surface area contributed by atoms with Crippen LogP contribution < -0.4 is 4.74 Å². The molecule has 0 saturated heterocycles. The van der Waals surface area contributed by atoms with Gasteiger partial charge in [-0.2, -0.15) is 0 Å². The molecule has 0 fully saturated rings. The molecule has 0 radical (unpaired) electrons. The number of ether oxygens (including phenoxy) is 1. The summed E-state index contributed by atoms with van der Waals surface area (Å²) < 4.78 is 5.17. The Morgan fingerprint density at radius 2 is 1.81 bits per heavy atom. The van der Waals surface area contributed by atoms with Gasteiger partial charge >= 0.3 is 5.97 Å². The zero-order chi connectivity index (χ0) is 15.2. The lowest BCUT2D eigenvalue weighted by atomic mass is 9.92. The first-order valence-corrected chi connectivity index (χ1v) is 7.06. The van der Waals surface area contributed by atoms with Crippen LogP contribution in [0.3, 0.4) is 0 Å². The highest BCUT2D eigenvalue weighted by atomic mass is 35.5. The summed E-state index contributed by atoms with van der Waals surface area (Å²) in [7, 11) is 1.60. The Hall–Kier alpha value is -2.00. The van der Waals surface area contributed by atoms with Crippen LogP contribution in [0.4, 0.5) is 0 Å². The third kappa shape index (κ3) is 4.50. The van der Waals surface area contributed by atoms with E-state index in [1.54, 1.807) is 19.2 Å². The summed E-state index contributed by atoms with van der Waals surface area (Å²) in [6.07, 6.45) is 0.943. The number of carboxylic acid groups (broad SMARTS) is 1. The van der Waals surface area contributed by atoms with Crippen LogP contribution in [0.2, 0.25) is 5.02 Å². The fraction of sp³-hybridized carbons (Fsp3) is 0.235. The lowest BCUT2D eigenvalue weighted by molar-refractivity contribution is -0.141. The topological polar surface area (TPSA) is 46.5 Å². The number of hydrogen-bond donors (Lipinski definition) is 1. The maximum Gasteiger partial charge on any atom is 0.307 e. The molecule has 0 amide bonds. The van der Waals surface area contributed by atoms with Crippen LogP contribution in [0.5, 0.6) is 5.75 Å². The molecule has 2 aromatic rings. The van der Waals surface area contributed by atoms with Crippen LogP contribution in [-0.4, -0.2) is 18.2 Å². The van der Waals surface area contributed by atoms with Gasteiger partial charge in [0.15, 0.2) is 0 Å². The molecule has 0 aliphatic carbocycles. The van der Waals surface area contributed by atoms with Crippen molar-refractivity contribution in [1.29, 1.82) is 0 Å². The monoisotopic (exact) mass is 304 g/mol. The smallest absolute Gasteiger partial charge is 0.307 e. The van der Waals surface area contributed by atoms with Gasteiger partial charge in [-0.05, 0) is 48.2 Å². The number of halogens is 1. The minimum Gasteiger partial charge on any atom is -0.497 e. The predicted molar refractivity (Wildman–Crippen MR) is 83.0 cm³/mol. The largest absolute Gasteiger partial charge is 0.497 e. The van der Waals surface area contributed by atoms with Crippen LogP contribution >= 0.6 is 11.6 Å². The number of carbonyl (C=O) groups is 1. The minimum atomic E-state index is -0.798. The molecule has 0 aliphatic heterocycles. The SMILES string of the molecule is COc1cccc(CC(Cc2ccc(Cl)cc2)C(=O)O)c1. The van der Waals surface area contributed by atoms with Crippen molar-refractivity contribution in [2.24, 2.45) is 5.92 Å². The number of methoxy groups -OCH3 is 1. The Morgan fingerprint density at radius 1 is 1.14 bits per heavy atom. The Bertz CT molecular complexity index is 608. The predicted octanol–water partition coefficient (Wildman–Crippen LogP) is 3.83. The molecular formula is C17H17ClO3. The molecule has 110 valence electrons. The molecule has 21 heavy (non-hydrogen) atoms. The van der Waals surface area contributed by atoms with Gasteiger partial charge < -0.3 is 9.84 Å². The molecule has 0 saturated carbocycles. The fourth-order valence-electron chi connectivity index (χ4n) is 2.24. The van der Waals surface area contributed by atoms with Gasteiger partial charge in [-0.3, -0.25) is 4.79 Å². The third-order valence-electron chi connectivity index (χ3n) is 3.36. The quantitative estimate of drug-likeness (QED) is 0.882. The second-order valence-electron chi connectivity index (χ2n) is 4.92. The highest BCUT2D eigenvalue weighted by molar-refractivity contribution is 6.30. The molecule has 0 aromatic heterocycles. The van der Waals surface area contributed by atoms with Gasteiger partial charge in [0, 0.05) is 5.02 Å². The van der Waals surface area contributed by atoms with Gasteiger partial charge in [0.05, 0.1) is 13.0 Å². The number of benzene rings is 2. The first-order chi connectivity index (χ1) is 10.1. The molecule has 0 heterocycles. The third-order valence-corrected chi connectivity index (χ3v) is 3.61. The number of carboxylic acids is 1. The average molecular weight is 305 g/mol. The average Bonchev–Trinajstić information content (AvgIpc) is 2.49. The van der Waals surface area contributed by atoms with E-state index in [1.165, 1.54) is 0 Å². The van der Waals surface area contributed by atoms with E-state index in [4.69, 9.17) is 16.3 Å². The summed E-state index contributed by atoms with van der Waals surface area (Å²) in [5.41, 5.74) is 1.92. The Labute approximate surface area is 129 Å². The van der Waals surface area contributed by atoms with Crippen molar-refractivity contribution < 1.29 is 14.6 Å². The van der Waals surface area contributed by atoms with Crippen LogP contribution in [0.15, 0.2) is 48.5 Å². The molecule has 3 nitrogen and oxygen atoms in total. The van der Waals surface area contributed by atoms with Crippen molar-refractivity contribution in [2.45, 2.75) is 12.8 Å². The first kappa shape index (κ1) is 15.4. The Balaban J connectivity index is 2.11. The Morgan fingerprint density at radius 3 is 2.43 bits per heavy atom. The van der Waals surface area contributed by atoms with E-state index < -0.39 is 11.9 Å². The van der Waals surface area contributed by atoms with Crippen molar-refractivity contribution >= 4 is 17.6 Å². The van der Waals surface area contributed by atoms with E-state index in [0.717, 1.165) is 16.9 Å². The van der Waals surface area contributed by atoms with Gasteiger partial charge in [0.2, 0.25) is 0 Å². The molecule has 2 aromatic carbocycles. The zero-order valence-electron chi connectivity index (χ0n) is 11.8. The normalized spacial score (nSPS) is 11.9. The second-order valence-corrected chi connectivity index (χ2v) is 5.36. The van der Waals surface area contributed by atoms with E-state index >= 15 is 0 Å². The van der Waals surface area contributed by atoms with Crippen molar-refractivity contribution in [3.8, 4) is 5.75 Å². The van der Waals surface area contributed by atoms with Gasteiger partial charge in [0.1, 0.15) is 5.75 Å². The van der Waals surface area contributed by atoms with E-state index in [2.05, 4.69) is 0 Å². The molecule has 0 bridgehead atoms. The van der Waals surface area contributed by atoms with Crippen molar-refractivity contribution in [1.82, 2.24) is 0 Å². The Kier molecular flexibility index (Phi) is 5.23. The summed E-state index contributed by atoms with van der Waals surface area (Å²) >= 11 is 5.84. The van der Waals surface area contributed by atoms with Crippen LogP contribution in [-0.2, 0) is 17.6 Å². The summed E-state index contributed by atoms with van der Waals surface area (Å²) in [5, 5.41) is 10.1. The first-order valence-electron chi connectivity index (χ1n) is 6.68. The lowest BCUT2D eigenvalue weighted by Gasteiger charge is -2.13. The molecule has 0 spiro atoms. The van der Waals surface area contributed by atoms with E-state index in [1.807, 2.05) is 36.4 Å². The van der Waals surface area contributed by atoms with Crippen LogP contribution in [0.25, 0.3) is 0 Å². The molecular weight excluding hydrogens is 288 g/mol. The number of aliphatic carboxylic acids is 1. The fourth-order valence-corrected chi connectivity index (χ4v) is 2.36. The molecule has 1 unspecified atom stereocenters. The van der Waals surface area contributed by atoms with Gasteiger partial charge in [-0.25, -0.2) is 0 Å². The molecule has 1 N–H and O–H groups in total. The van der Waals surface area contributed by atoms with Crippen LogP contribution in [0.1, 0.15) is 11.1 Å². The van der Waals surface area contributed by atoms with Crippen molar-refractivity contribution in [3.63, 3.8) is 0 Å².